The van der Waals surface area contributed by atoms with Crippen LogP contribution in [-0.2, 0) is 11.8 Å². The lowest BCUT2D eigenvalue weighted by Gasteiger charge is -2.32. The van der Waals surface area contributed by atoms with Crippen molar-refractivity contribution < 1.29 is 9.53 Å². The Bertz CT molecular complexity index is 426. The summed E-state index contributed by atoms with van der Waals surface area (Å²) in [4.78, 5) is 14.0. The number of hydrogen-bond donors (Lipinski definition) is 1. The van der Waals surface area contributed by atoms with Crippen LogP contribution in [-0.4, -0.2) is 47.0 Å². The largest absolute Gasteiger partial charge is 0.381 e. The number of amides is 2. The Morgan fingerprint density at radius 3 is 2.84 bits per heavy atom. The molecule has 106 valence electrons. The molecule has 1 saturated heterocycles. The lowest BCUT2D eigenvalue weighted by atomic mass is 10.1. The van der Waals surface area contributed by atoms with Crippen molar-refractivity contribution in [3.8, 4) is 0 Å². The van der Waals surface area contributed by atoms with Crippen LogP contribution >= 0.6 is 0 Å². The van der Waals surface area contributed by atoms with Crippen LogP contribution in [0.15, 0.2) is 12.4 Å². The highest BCUT2D eigenvalue weighted by molar-refractivity contribution is 5.74. The summed E-state index contributed by atoms with van der Waals surface area (Å²) in [5.41, 5.74) is 1.01. The Labute approximate surface area is 113 Å². The van der Waals surface area contributed by atoms with E-state index >= 15 is 0 Å². The Hall–Kier alpha value is -1.56. The minimum atomic E-state index is -0.0387. The van der Waals surface area contributed by atoms with Gasteiger partial charge in [0.05, 0.1) is 12.2 Å². The molecule has 1 unspecified atom stereocenters. The summed E-state index contributed by atoms with van der Waals surface area (Å²) in [7, 11) is 3.72. The highest BCUT2D eigenvalue weighted by Crippen LogP contribution is 2.15. The van der Waals surface area contributed by atoms with Crippen LogP contribution in [0.5, 0.6) is 0 Å². The van der Waals surface area contributed by atoms with Crippen molar-refractivity contribution in [3.05, 3.63) is 18.0 Å². The average Bonchev–Trinajstić information content (AvgIpc) is 2.85. The maximum absolute atomic E-state index is 12.2. The van der Waals surface area contributed by atoms with E-state index in [1.54, 1.807) is 15.8 Å². The van der Waals surface area contributed by atoms with Gasteiger partial charge in [-0.05, 0) is 19.8 Å². The second kappa shape index (κ2) is 6.06. The van der Waals surface area contributed by atoms with Crippen LogP contribution in [0.4, 0.5) is 4.79 Å². The zero-order chi connectivity index (χ0) is 13.8. The number of aromatic nitrogens is 2. The molecule has 0 aliphatic carbocycles. The topological polar surface area (TPSA) is 59.4 Å². The molecule has 1 atom stereocenters. The normalized spacial score (nSPS) is 18.1. The number of rotatable bonds is 3. The minimum Gasteiger partial charge on any atom is -0.381 e. The molecule has 2 heterocycles. The number of nitrogens with zero attached hydrogens (tertiary/aromatic N) is 3. The molecule has 6 heteroatoms. The van der Waals surface area contributed by atoms with E-state index in [1.165, 1.54) is 0 Å². The third-order valence-corrected chi connectivity index (χ3v) is 3.62. The zero-order valence-electron chi connectivity index (χ0n) is 11.8. The van der Waals surface area contributed by atoms with Crippen LogP contribution in [0.1, 0.15) is 31.4 Å². The van der Waals surface area contributed by atoms with E-state index < -0.39 is 0 Å². The summed E-state index contributed by atoms with van der Waals surface area (Å²) < 4.78 is 7.05. The van der Waals surface area contributed by atoms with Crippen molar-refractivity contribution in [2.24, 2.45) is 7.05 Å². The van der Waals surface area contributed by atoms with Gasteiger partial charge in [0.15, 0.2) is 0 Å². The number of nitrogens with one attached hydrogen (secondary N) is 1. The van der Waals surface area contributed by atoms with Crippen molar-refractivity contribution >= 4 is 6.03 Å². The van der Waals surface area contributed by atoms with Gasteiger partial charge in [-0.2, -0.15) is 5.10 Å². The molecule has 19 heavy (non-hydrogen) atoms. The van der Waals surface area contributed by atoms with Gasteiger partial charge in [0.1, 0.15) is 0 Å². The number of carbonyl (C=O) groups is 1. The lowest BCUT2D eigenvalue weighted by Crippen LogP contribution is -2.46. The molecule has 2 amide bonds. The van der Waals surface area contributed by atoms with Crippen molar-refractivity contribution in [3.63, 3.8) is 0 Å². The van der Waals surface area contributed by atoms with E-state index in [9.17, 15) is 4.79 Å². The van der Waals surface area contributed by atoms with Crippen LogP contribution in [0.3, 0.4) is 0 Å². The molecule has 1 aliphatic rings. The predicted molar refractivity (Wildman–Crippen MR) is 71.8 cm³/mol. The van der Waals surface area contributed by atoms with Crippen LogP contribution < -0.4 is 5.32 Å². The van der Waals surface area contributed by atoms with E-state index in [-0.39, 0.29) is 18.1 Å². The molecule has 0 saturated carbocycles. The van der Waals surface area contributed by atoms with Crippen LogP contribution in [0.2, 0.25) is 0 Å². The van der Waals surface area contributed by atoms with Crippen LogP contribution in [0.25, 0.3) is 0 Å². The quantitative estimate of drug-likeness (QED) is 0.897. The van der Waals surface area contributed by atoms with E-state index in [0.29, 0.717) is 0 Å². The molecule has 1 fully saturated rings. The number of ether oxygens (including phenoxy) is 1. The van der Waals surface area contributed by atoms with Crippen molar-refractivity contribution in [2.45, 2.75) is 31.8 Å². The molecule has 0 spiro atoms. The third kappa shape index (κ3) is 3.47. The smallest absolute Gasteiger partial charge is 0.317 e. The third-order valence-electron chi connectivity index (χ3n) is 3.62. The van der Waals surface area contributed by atoms with E-state index in [1.807, 2.05) is 27.2 Å². The van der Waals surface area contributed by atoms with Gasteiger partial charge in [-0.1, -0.05) is 0 Å². The highest BCUT2D eigenvalue weighted by atomic mass is 16.5. The van der Waals surface area contributed by atoms with Gasteiger partial charge in [0.25, 0.3) is 0 Å². The number of hydrogen-bond acceptors (Lipinski definition) is 3. The van der Waals surface area contributed by atoms with E-state index in [0.717, 1.165) is 31.6 Å². The van der Waals surface area contributed by atoms with Gasteiger partial charge >= 0.3 is 6.03 Å². The first kappa shape index (κ1) is 13.9. The van der Waals surface area contributed by atoms with Gasteiger partial charge in [0.2, 0.25) is 0 Å². The fraction of sp³-hybridized carbons (Fsp3) is 0.692. The first-order valence-corrected chi connectivity index (χ1v) is 6.67. The Balaban J connectivity index is 1.89. The molecule has 0 radical (unpaired) electrons. The van der Waals surface area contributed by atoms with Crippen molar-refractivity contribution in [1.29, 1.82) is 0 Å². The second-order valence-corrected chi connectivity index (χ2v) is 5.07. The zero-order valence-corrected chi connectivity index (χ0v) is 11.8. The first-order valence-electron chi connectivity index (χ1n) is 6.67. The predicted octanol–water partition coefficient (Wildman–Crippen LogP) is 1.30. The summed E-state index contributed by atoms with van der Waals surface area (Å²) in [5.74, 6) is 0. The number of carbonyl (C=O) groups excluding carboxylic acids is 1. The van der Waals surface area contributed by atoms with Gasteiger partial charge < -0.3 is 15.0 Å². The molecular formula is C13H22N4O2. The maximum Gasteiger partial charge on any atom is 0.317 e. The SMILES string of the molecule is CC(NC(=O)N(C)C1CCOCC1)c1cnn(C)c1. The van der Waals surface area contributed by atoms with Crippen molar-refractivity contribution in [1.82, 2.24) is 20.0 Å². The molecule has 1 N–H and O–H groups in total. The average molecular weight is 266 g/mol. The Morgan fingerprint density at radius 2 is 2.26 bits per heavy atom. The molecule has 1 aromatic heterocycles. The fourth-order valence-electron chi connectivity index (χ4n) is 2.27. The number of urea groups is 1. The summed E-state index contributed by atoms with van der Waals surface area (Å²) >= 11 is 0. The first-order chi connectivity index (χ1) is 9.08. The lowest BCUT2D eigenvalue weighted by molar-refractivity contribution is 0.0522. The fourth-order valence-corrected chi connectivity index (χ4v) is 2.27. The molecule has 0 bridgehead atoms. The highest BCUT2D eigenvalue weighted by Gasteiger charge is 2.23. The van der Waals surface area contributed by atoms with Gasteiger partial charge in [-0.15, -0.1) is 0 Å². The summed E-state index contributed by atoms with van der Waals surface area (Å²) in [6.45, 7) is 3.44. The molecule has 1 aliphatic heterocycles. The molecule has 1 aromatic rings. The molecular weight excluding hydrogens is 244 g/mol. The van der Waals surface area contributed by atoms with Crippen LogP contribution in [0, 0.1) is 0 Å². The molecule has 2 rings (SSSR count). The van der Waals surface area contributed by atoms with E-state index in [2.05, 4.69) is 10.4 Å². The Morgan fingerprint density at radius 1 is 1.58 bits per heavy atom. The second-order valence-electron chi connectivity index (χ2n) is 5.07. The summed E-state index contributed by atoms with van der Waals surface area (Å²) in [5, 5.41) is 7.11. The van der Waals surface area contributed by atoms with Gasteiger partial charge in [0, 0.05) is 45.1 Å². The van der Waals surface area contributed by atoms with Gasteiger partial charge in [-0.25, -0.2) is 4.79 Å². The molecule has 6 nitrogen and oxygen atoms in total. The minimum absolute atomic E-state index is 0.0384. The maximum atomic E-state index is 12.2. The molecule has 0 aromatic carbocycles. The Kier molecular flexibility index (Phi) is 4.42. The summed E-state index contributed by atoms with van der Waals surface area (Å²) in [6.07, 6.45) is 5.51. The number of aryl methyl sites for hydroxylation is 1. The standard InChI is InChI=1S/C13H22N4O2/c1-10(11-8-14-16(2)9-11)15-13(18)17(3)12-4-6-19-7-5-12/h8-10,12H,4-7H2,1-3H3,(H,15,18). The van der Waals surface area contributed by atoms with Crippen molar-refractivity contribution in [2.75, 3.05) is 20.3 Å². The van der Waals surface area contributed by atoms with E-state index in [4.69, 9.17) is 4.74 Å². The summed E-state index contributed by atoms with van der Waals surface area (Å²) in [6, 6.07) is 0.196. The monoisotopic (exact) mass is 266 g/mol. The van der Waals surface area contributed by atoms with Gasteiger partial charge in [-0.3, -0.25) is 4.68 Å².